The molecule has 0 bridgehead atoms. The van der Waals surface area contributed by atoms with E-state index in [1.165, 1.54) is 5.56 Å². The van der Waals surface area contributed by atoms with Crippen molar-refractivity contribution in [3.8, 4) is 11.3 Å². The number of fused-ring (bicyclic) bond motifs is 2. The molecule has 0 saturated carbocycles. The quantitative estimate of drug-likeness (QED) is 0.320. The maximum absolute atomic E-state index is 12.8. The minimum Gasteiger partial charge on any atom is -0.362 e. The van der Waals surface area contributed by atoms with E-state index in [2.05, 4.69) is 69.3 Å². The summed E-state index contributed by atoms with van der Waals surface area (Å²) in [6.45, 7) is 9.99. The third kappa shape index (κ3) is 5.78. The second kappa shape index (κ2) is 11.5. The first-order chi connectivity index (χ1) is 20.2. The number of anilines is 1. The number of benzene rings is 2. The van der Waals surface area contributed by atoms with E-state index in [1.54, 1.807) is 13.3 Å². The van der Waals surface area contributed by atoms with Crippen LogP contribution in [0, 0.1) is 5.92 Å². The number of carbonyl (C=O) groups excluding carboxylic acids is 1. The zero-order valence-electron chi connectivity index (χ0n) is 24.4. The van der Waals surface area contributed by atoms with Gasteiger partial charge in [0.05, 0.1) is 22.1 Å². The van der Waals surface area contributed by atoms with Crippen molar-refractivity contribution >= 4 is 32.6 Å². The van der Waals surface area contributed by atoms with Gasteiger partial charge in [0.15, 0.2) is 9.84 Å². The van der Waals surface area contributed by atoms with Crippen LogP contribution in [-0.4, -0.2) is 71.0 Å². The normalized spacial score (nSPS) is 17.8. The van der Waals surface area contributed by atoms with Crippen molar-refractivity contribution in [3.63, 3.8) is 0 Å². The van der Waals surface area contributed by atoms with Crippen molar-refractivity contribution in [2.24, 2.45) is 5.92 Å². The highest BCUT2D eigenvalue weighted by atomic mass is 32.2. The fourth-order valence-electron chi connectivity index (χ4n) is 6.13. The van der Waals surface area contributed by atoms with Crippen LogP contribution in [-0.2, 0) is 27.6 Å². The number of aromatic amines is 1. The first-order valence-corrected chi connectivity index (χ1v) is 16.4. The number of H-pyrrole nitrogens is 1. The molecular formula is C32H38N6O3S. The molecule has 6 rings (SSSR count). The van der Waals surface area contributed by atoms with Crippen molar-refractivity contribution in [2.45, 2.75) is 51.1 Å². The van der Waals surface area contributed by atoms with E-state index in [-0.39, 0.29) is 23.6 Å². The molecule has 2 aromatic heterocycles. The fourth-order valence-corrected chi connectivity index (χ4v) is 7.76. The van der Waals surface area contributed by atoms with E-state index in [0.717, 1.165) is 72.6 Å². The number of aromatic nitrogens is 3. The standard InChI is InChI=1S/C32H38N6O3S/c1-21(2)30(26-10-9-24-8-5-15-42(40,41)29(24)17-26)36-32-27-18-28(35-31(27)33-20-34-32)25-7-4-6-23(16-25)19-37-11-13-38(14-12-37)22(3)39/h4,6-7,9-10,16-18,20-21,30H,5,8,11-15,19H2,1-3H3,(H2,33,34,35,36)/t30-/m1/s1. The molecule has 4 aromatic rings. The minimum atomic E-state index is -3.25. The summed E-state index contributed by atoms with van der Waals surface area (Å²) in [6.07, 6.45) is 3.03. The van der Waals surface area contributed by atoms with Crippen LogP contribution in [0.2, 0.25) is 0 Å². The lowest BCUT2D eigenvalue weighted by Gasteiger charge is -2.34. The third-order valence-corrected chi connectivity index (χ3v) is 10.4. The number of rotatable bonds is 7. The Kier molecular flexibility index (Phi) is 7.76. The molecule has 1 amide bonds. The number of piperazine rings is 1. The van der Waals surface area contributed by atoms with Gasteiger partial charge in [0, 0.05) is 45.3 Å². The number of hydrogen-bond acceptors (Lipinski definition) is 7. The summed E-state index contributed by atoms with van der Waals surface area (Å²) >= 11 is 0. The first-order valence-electron chi connectivity index (χ1n) is 14.7. The Balaban J connectivity index is 1.25. The van der Waals surface area contributed by atoms with Gasteiger partial charge in [0.25, 0.3) is 0 Å². The smallest absolute Gasteiger partial charge is 0.219 e. The van der Waals surface area contributed by atoms with Crippen LogP contribution in [0.1, 0.15) is 49.9 Å². The molecule has 1 fully saturated rings. The highest BCUT2D eigenvalue weighted by Crippen LogP contribution is 2.34. The van der Waals surface area contributed by atoms with Crippen LogP contribution in [0.5, 0.6) is 0 Å². The summed E-state index contributed by atoms with van der Waals surface area (Å²) in [5.74, 6) is 1.25. The van der Waals surface area contributed by atoms with E-state index < -0.39 is 9.84 Å². The van der Waals surface area contributed by atoms with Gasteiger partial charge in [-0.15, -0.1) is 0 Å². The second-order valence-electron chi connectivity index (χ2n) is 11.8. The largest absolute Gasteiger partial charge is 0.362 e. The van der Waals surface area contributed by atoms with Crippen molar-refractivity contribution in [1.82, 2.24) is 24.8 Å². The Hall–Kier alpha value is -3.76. The molecule has 9 nitrogen and oxygen atoms in total. The second-order valence-corrected chi connectivity index (χ2v) is 13.9. The van der Waals surface area contributed by atoms with Crippen LogP contribution in [0.15, 0.2) is 59.8 Å². The molecule has 0 aliphatic carbocycles. The van der Waals surface area contributed by atoms with Gasteiger partial charge in [-0.2, -0.15) is 0 Å². The number of sulfone groups is 1. The molecule has 42 heavy (non-hydrogen) atoms. The third-order valence-electron chi connectivity index (χ3n) is 8.49. The van der Waals surface area contributed by atoms with Crippen molar-refractivity contribution < 1.29 is 13.2 Å². The van der Waals surface area contributed by atoms with Gasteiger partial charge in [0.1, 0.15) is 17.8 Å². The predicted molar refractivity (Wildman–Crippen MR) is 165 cm³/mol. The van der Waals surface area contributed by atoms with Crippen LogP contribution in [0.25, 0.3) is 22.3 Å². The summed E-state index contributed by atoms with van der Waals surface area (Å²) in [4.78, 5) is 29.0. The number of nitrogens with one attached hydrogen (secondary N) is 2. The van der Waals surface area contributed by atoms with Crippen LogP contribution in [0.3, 0.4) is 0 Å². The summed E-state index contributed by atoms with van der Waals surface area (Å²) in [7, 11) is -3.25. The molecule has 2 N–H and O–H groups in total. The number of hydrogen-bond donors (Lipinski definition) is 2. The average molecular weight is 587 g/mol. The molecule has 220 valence electrons. The summed E-state index contributed by atoms with van der Waals surface area (Å²) < 4.78 is 25.6. The average Bonchev–Trinajstić information content (AvgIpc) is 3.41. The van der Waals surface area contributed by atoms with Gasteiger partial charge in [0.2, 0.25) is 5.91 Å². The Morgan fingerprint density at radius 1 is 1.05 bits per heavy atom. The molecule has 0 spiro atoms. The minimum absolute atomic E-state index is 0.129. The zero-order chi connectivity index (χ0) is 29.4. The van der Waals surface area contributed by atoms with Crippen molar-refractivity contribution in [3.05, 3.63) is 71.5 Å². The van der Waals surface area contributed by atoms with Crippen molar-refractivity contribution in [2.75, 3.05) is 37.2 Å². The topological polar surface area (TPSA) is 111 Å². The summed E-state index contributed by atoms with van der Waals surface area (Å²) in [6, 6.07) is 16.3. The van der Waals surface area contributed by atoms with E-state index >= 15 is 0 Å². The van der Waals surface area contributed by atoms with Crippen LogP contribution >= 0.6 is 0 Å². The highest BCUT2D eigenvalue weighted by Gasteiger charge is 2.27. The molecule has 10 heteroatoms. The maximum atomic E-state index is 12.8. The fraction of sp³-hybridized carbons (Fsp3) is 0.406. The Bertz CT molecular complexity index is 1720. The van der Waals surface area contributed by atoms with Gasteiger partial charge in [-0.05, 0) is 59.2 Å². The molecule has 2 aromatic carbocycles. The van der Waals surface area contributed by atoms with E-state index in [1.807, 2.05) is 23.1 Å². The van der Waals surface area contributed by atoms with E-state index in [9.17, 15) is 13.2 Å². The molecule has 1 saturated heterocycles. The Morgan fingerprint density at radius 3 is 2.62 bits per heavy atom. The van der Waals surface area contributed by atoms with Gasteiger partial charge in [-0.1, -0.05) is 44.2 Å². The lowest BCUT2D eigenvalue weighted by molar-refractivity contribution is -0.130. The molecular weight excluding hydrogens is 548 g/mol. The van der Waals surface area contributed by atoms with E-state index in [0.29, 0.717) is 17.1 Å². The molecule has 4 heterocycles. The molecule has 2 aliphatic heterocycles. The number of carbonyl (C=O) groups is 1. The predicted octanol–water partition coefficient (Wildman–Crippen LogP) is 4.82. The maximum Gasteiger partial charge on any atom is 0.219 e. The lowest BCUT2D eigenvalue weighted by Crippen LogP contribution is -2.47. The summed E-state index contributed by atoms with van der Waals surface area (Å²) in [5, 5.41) is 4.50. The van der Waals surface area contributed by atoms with Gasteiger partial charge >= 0.3 is 0 Å². The summed E-state index contributed by atoms with van der Waals surface area (Å²) in [5.41, 5.74) is 5.83. The molecule has 1 atom stereocenters. The Labute approximate surface area is 247 Å². The number of amides is 1. The molecule has 0 radical (unpaired) electrons. The van der Waals surface area contributed by atoms with Crippen LogP contribution in [0.4, 0.5) is 5.82 Å². The lowest BCUT2D eigenvalue weighted by atomic mass is 9.94. The monoisotopic (exact) mass is 586 g/mol. The van der Waals surface area contributed by atoms with Crippen LogP contribution < -0.4 is 5.32 Å². The van der Waals surface area contributed by atoms with E-state index in [4.69, 9.17) is 0 Å². The van der Waals surface area contributed by atoms with Gasteiger partial charge < -0.3 is 15.2 Å². The zero-order valence-corrected chi connectivity index (χ0v) is 25.2. The SMILES string of the molecule is CC(=O)N1CCN(Cc2cccc(-c3cc4c(N[C@@H](c5ccc6c(c5)S(=O)(=O)CCC6)C(C)C)ncnc4[nH]3)c2)CC1. The number of nitrogens with zero attached hydrogens (tertiary/aromatic N) is 4. The molecule has 2 aliphatic rings. The molecule has 0 unspecified atom stereocenters. The first kappa shape index (κ1) is 28.4. The van der Waals surface area contributed by atoms with Gasteiger partial charge in [-0.25, -0.2) is 18.4 Å². The van der Waals surface area contributed by atoms with Crippen molar-refractivity contribution in [1.29, 1.82) is 0 Å². The number of aryl methyl sites for hydroxylation is 1. The highest BCUT2D eigenvalue weighted by molar-refractivity contribution is 7.91. The van der Waals surface area contributed by atoms with Gasteiger partial charge in [-0.3, -0.25) is 9.69 Å². The Morgan fingerprint density at radius 2 is 1.86 bits per heavy atom.